The average molecular weight is 313 g/mol. The van der Waals surface area contributed by atoms with E-state index in [-0.39, 0.29) is 0 Å². The highest BCUT2D eigenvalue weighted by Gasteiger charge is 2.08. The predicted octanol–water partition coefficient (Wildman–Crippen LogP) is 4.12. The second kappa shape index (κ2) is 6.04. The van der Waals surface area contributed by atoms with Crippen molar-refractivity contribution in [3.8, 4) is 23.6 Å². The van der Waals surface area contributed by atoms with Gasteiger partial charge in [-0.05, 0) is 29.8 Å². The Hall–Kier alpha value is -2.30. The van der Waals surface area contributed by atoms with Crippen molar-refractivity contribution in [2.45, 2.75) is 5.33 Å². The Balaban J connectivity index is 2.39. The fourth-order valence-corrected chi connectivity index (χ4v) is 1.95. The minimum atomic E-state index is 0.441. The van der Waals surface area contributed by atoms with Gasteiger partial charge in [-0.25, -0.2) is 0 Å². The van der Waals surface area contributed by atoms with E-state index in [1.54, 1.807) is 36.4 Å². The van der Waals surface area contributed by atoms with Crippen LogP contribution in [0.5, 0.6) is 11.5 Å². The molecule has 0 spiro atoms. The molecule has 92 valence electrons. The lowest BCUT2D eigenvalue weighted by atomic mass is 10.1. The van der Waals surface area contributed by atoms with Crippen molar-refractivity contribution in [2.24, 2.45) is 0 Å². The van der Waals surface area contributed by atoms with E-state index in [2.05, 4.69) is 28.1 Å². The topological polar surface area (TPSA) is 56.8 Å². The molecule has 0 N–H and O–H groups in total. The van der Waals surface area contributed by atoms with Crippen LogP contribution >= 0.6 is 15.9 Å². The number of para-hydroxylation sites is 1. The zero-order valence-electron chi connectivity index (χ0n) is 9.93. The number of halogens is 1. The number of rotatable bonds is 3. The van der Waals surface area contributed by atoms with Crippen molar-refractivity contribution in [3.05, 3.63) is 59.2 Å². The number of hydrogen-bond acceptors (Lipinski definition) is 3. The lowest BCUT2D eigenvalue weighted by Crippen LogP contribution is -1.92. The summed E-state index contributed by atoms with van der Waals surface area (Å²) >= 11 is 3.34. The quantitative estimate of drug-likeness (QED) is 0.801. The Kier molecular flexibility index (Phi) is 4.18. The molecule has 4 heteroatoms. The van der Waals surface area contributed by atoms with Crippen LogP contribution in [0, 0.1) is 22.7 Å². The van der Waals surface area contributed by atoms with Gasteiger partial charge in [-0.2, -0.15) is 10.5 Å². The van der Waals surface area contributed by atoms with Gasteiger partial charge in [0.1, 0.15) is 23.6 Å². The number of hydrogen-bond donors (Lipinski definition) is 0. The van der Waals surface area contributed by atoms with Gasteiger partial charge in [-0.1, -0.05) is 34.1 Å². The van der Waals surface area contributed by atoms with E-state index in [4.69, 9.17) is 15.3 Å². The third kappa shape index (κ3) is 2.93. The van der Waals surface area contributed by atoms with Gasteiger partial charge in [-0.15, -0.1) is 0 Å². The molecule has 0 unspecified atom stereocenters. The summed E-state index contributed by atoms with van der Waals surface area (Å²) in [7, 11) is 0. The van der Waals surface area contributed by atoms with Crippen LogP contribution in [0.15, 0.2) is 42.5 Å². The minimum absolute atomic E-state index is 0.441. The Morgan fingerprint density at radius 2 is 1.63 bits per heavy atom. The highest BCUT2D eigenvalue weighted by Crippen LogP contribution is 2.28. The molecule has 2 rings (SSSR count). The second-order valence-electron chi connectivity index (χ2n) is 3.79. The molecule has 0 saturated carbocycles. The number of alkyl halides is 1. The standard InChI is InChI=1S/C15H9BrN2O/c16-8-11-5-6-15(13(7-11)10-18)19-14-4-2-1-3-12(14)9-17/h1-7H,8H2. The third-order valence-electron chi connectivity index (χ3n) is 2.55. The molecule has 0 radical (unpaired) electrons. The van der Waals surface area contributed by atoms with Crippen molar-refractivity contribution in [3.63, 3.8) is 0 Å². The van der Waals surface area contributed by atoms with E-state index in [0.717, 1.165) is 5.56 Å². The van der Waals surface area contributed by atoms with Crippen LogP contribution in [0.2, 0.25) is 0 Å². The van der Waals surface area contributed by atoms with Gasteiger partial charge in [-0.3, -0.25) is 0 Å². The fourth-order valence-electron chi connectivity index (χ4n) is 1.60. The minimum Gasteiger partial charge on any atom is -0.455 e. The third-order valence-corrected chi connectivity index (χ3v) is 3.19. The summed E-state index contributed by atoms with van der Waals surface area (Å²) in [5.41, 5.74) is 1.89. The molecular weight excluding hydrogens is 304 g/mol. The maximum Gasteiger partial charge on any atom is 0.145 e. The molecular formula is C15H9BrN2O. The average Bonchev–Trinajstić information content (AvgIpc) is 2.48. The Labute approximate surface area is 119 Å². The molecule has 0 bridgehead atoms. The van der Waals surface area contributed by atoms with E-state index in [1.165, 1.54) is 0 Å². The van der Waals surface area contributed by atoms with Crippen molar-refractivity contribution in [2.75, 3.05) is 0 Å². The summed E-state index contributed by atoms with van der Waals surface area (Å²) < 4.78 is 5.66. The van der Waals surface area contributed by atoms with Crippen LogP contribution in [-0.4, -0.2) is 0 Å². The molecule has 0 aliphatic rings. The highest BCUT2D eigenvalue weighted by atomic mass is 79.9. The molecule has 0 aliphatic heterocycles. The Morgan fingerprint density at radius 1 is 0.947 bits per heavy atom. The first kappa shape index (κ1) is 13.1. The largest absolute Gasteiger partial charge is 0.455 e. The summed E-state index contributed by atoms with van der Waals surface area (Å²) in [6.45, 7) is 0. The first-order valence-corrected chi connectivity index (χ1v) is 6.66. The zero-order chi connectivity index (χ0) is 13.7. The highest BCUT2D eigenvalue weighted by molar-refractivity contribution is 9.08. The van der Waals surface area contributed by atoms with Gasteiger partial charge in [0, 0.05) is 5.33 Å². The molecule has 0 saturated heterocycles. The summed E-state index contributed by atoms with van der Waals surface area (Å²) in [5, 5.41) is 18.8. The number of benzene rings is 2. The van der Waals surface area contributed by atoms with Gasteiger partial charge in [0.05, 0.1) is 11.1 Å². The number of ether oxygens (including phenoxy) is 1. The van der Waals surface area contributed by atoms with E-state index in [1.807, 2.05) is 6.07 Å². The maximum absolute atomic E-state index is 9.13. The lowest BCUT2D eigenvalue weighted by Gasteiger charge is -2.09. The van der Waals surface area contributed by atoms with Gasteiger partial charge >= 0.3 is 0 Å². The number of nitriles is 2. The predicted molar refractivity (Wildman–Crippen MR) is 75.0 cm³/mol. The zero-order valence-corrected chi connectivity index (χ0v) is 11.5. The fraction of sp³-hybridized carbons (Fsp3) is 0.0667. The van der Waals surface area contributed by atoms with Crippen molar-refractivity contribution >= 4 is 15.9 Å². The van der Waals surface area contributed by atoms with Gasteiger partial charge < -0.3 is 4.74 Å². The summed E-state index contributed by atoms with van der Waals surface area (Å²) in [4.78, 5) is 0. The van der Waals surface area contributed by atoms with Crippen molar-refractivity contribution in [1.29, 1.82) is 10.5 Å². The monoisotopic (exact) mass is 312 g/mol. The summed E-state index contributed by atoms with van der Waals surface area (Å²) in [6.07, 6.45) is 0. The summed E-state index contributed by atoms with van der Waals surface area (Å²) in [5.74, 6) is 0.906. The Bertz CT molecular complexity index is 683. The smallest absolute Gasteiger partial charge is 0.145 e. The van der Waals surface area contributed by atoms with E-state index in [9.17, 15) is 0 Å². The van der Waals surface area contributed by atoms with Crippen LogP contribution in [0.4, 0.5) is 0 Å². The van der Waals surface area contributed by atoms with Crippen LogP contribution in [0.25, 0.3) is 0 Å². The second-order valence-corrected chi connectivity index (χ2v) is 4.35. The van der Waals surface area contributed by atoms with Crippen LogP contribution in [0.3, 0.4) is 0 Å². The molecule has 0 aliphatic carbocycles. The molecule has 0 amide bonds. The molecule has 0 atom stereocenters. The number of nitrogens with zero attached hydrogens (tertiary/aromatic N) is 2. The summed E-state index contributed by atoms with van der Waals surface area (Å²) in [6, 6.07) is 16.5. The first-order chi connectivity index (χ1) is 9.28. The van der Waals surface area contributed by atoms with Gasteiger partial charge in [0.15, 0.2) is 0 Å². The molecule has 2 aromatic rings. The van der Waals surface area contributed by atoms with Crippen LogP contribution < -0.4 is 4.74 Å². The SMILES string of the molecule is N#Cc1ccccc1Oc1ccc(CBr)cc1C#N. The van der Waals surface area contributed by atoms with Crippen LogP contribution in [-0.2, 0) is 5.33 Å². The molecule has 0 aromatic heterocycles. The maximum atomic E-state index is 9.13. The normalized spacial score (nSPS) is 9.42. The molecule has 0 heterocycles. The van der Waals surface area contributed by atoms with Crippen molar-refractivity contribution < 1.29 is 4.74 Å². The van der Waals surface area contributed by atoms with Gasteiger partial charge in [0.25, 0.3) is 0 Å². The lowest BCUT2D eigenvalue weighted by molar-refractivity contribution is 0.479. The van der Waals surface area contributed by atoms with Crippen LogP contribution in [0.1, 0.15) is 16.7 Å². The molecule has 0 fully saturated rings. The molecule has 19 heavy (non-hydrogen) atoms. The Morgan fingerprint density at radius 3 is 2.32 bits per heavy atom. The molecule has 3 nitrogen and oxygen atoms in total. The van der Waals surface area contributed by atoms with Gasteiger partial charge in [0.2, 0.25) is 0 Å². The molecule has 2 aromatic carbocycles. The van der Waals surface area contributed by atoms with E-state index < -0.39 is 0 Å². The van der Waals surface area contributed by atoms with Crippen molar-refractivity contribution in [1.82, 2.24) is 0 Å². The van der Waals surface area contributed by atoms with E-state index in [0.29, 0.717) is 28.0 Å². The first-order valence-electron chi connectivity index (χ1n) is 5.54. The van der Waals surface area contributed by atoms with E-state index >= 15 is 0 Å².